The lowest BCUT2D eigenvalue weighted by atomic mass is 9.86. The van der Waals surface area contributed by atoms with E-state index in [2.05, 4.69) is 10.1 Å². The first-order valence-electron chi connectivity index (χ1n) is 9.17. The second-order valence-corrected chi connectivity index (χ2v) is 9.16. The smallest absolute Gasteiger partial charge is 0.362 e. The van der Waals surface area contributed by atoms with E-state index in [0.29, 0.717) is 15.4 Å². The number of nitrogen functional groups attached to an aromatic ring is 2. The molecule has 0 unspecified atom stereocenters. The number of nitrogens with one attached hydrogen (secondary N) is 1. The SMILES string of the molecule is C[C@H]1[C@H](CC(=O)/C(=N\OCc2ccc(C(=N)N)cc2)c2csc(N)n2)C(=O)N1S(=O)(=O)O. The first kappa shape index (κ1) is 23.3. The zero-order chi connectivity index (χ0) is 23.6. The number of amidine groups is 1. The lowest BCUT2D eigenvalue weighted by Gasteiger charge is -2.41. The highest BCUT2D eigenvalue weighted by Gasteiger charge is 2.51. The van der Waals surface area contributed by atoms with E-state index in [-0.39, 0.29) is 35.4 Å². The van der Waals surface area contributed by atoms with E-state index in [1.807, 2.05) is 0 Å². The molecular formula is C18H20N6O6S2. The maximum Gasteiger partial charge on any atom is 0.362 e. The van der Waals surface area contributed by atoms with Crippen molar-refractivity contribution in [2.75, 3.05) is 5.73 Å². The minimum Gasteiger partial charge on any atom is -0.390 e. The summed E-state index contributed by atoms with van der Waals surface area (Å²) in [6.07, 6.45) is -0.348. The van der Waals surface area contributed by atoms with E-state index in [9.17, 15) is 18.0 Å². The summed E-state index contributed by atoms with van der Waals surface area (Å²) in [6, 6.07) is 5.77. The summed E-state index contributed by atoms with van der Waals surface area (Å²) in [7, 11) is -4.69. The van der Waals surface area contributed by atoms with Crippen molar-refractivity contribution < 1.29 is 27.4 Å². The van der Waals surface area contributed by atoms with Gasteiger partial charge in [-0.1, -0.05) is 29.4 Å². The van der Waals surface area contributed by atoms with Crippen LogP contribution in [0.3, 0.4) is 0 Å². The predicted octanol–water partition coefficient (Wildman–Crippen LogP) is 0.539. The molecule has 0 aliphatic carbocycles. The minimum atomic E-state index is -4.69. The largest absolute Gasteiger partial charge is 0.390 e. The van der Waals surface area contributed by atoms with Crippen molar-refractivity contribution in [2.45, 2.75) is 26.0 Å². The summed E-state index contributed by atoms with van der Waals surface area (Å²) in [6.45, 7) is 1.41. The van der Waals surface area contributed by atoms with Crippen LogP contribution in [0.25, 0.3) is 0 Å². The average Bonchev–Trinajstić information content (AvgIpc) is 3.14. The average molecular weight is 481 g/mol. The highest BCUT2D eigenvalue weighted by molar-refractivity contribution is 7.84. The number of nitrogens with two attached hydrogens (primary N) is 2. The highest BCUT2D eigenvalue weighted by Crippen LogP contribution is 2.32. The van der Waals surface area contributed by atoms with Crippen LogP contribution in [0, 0.1) is 11.3 Å². The van der Waals surface area contributed by atoms with Crippen LogP contribution in [-0.4, -0.2) is 51.5 Å². The quantitative estimate of drug-likeness (QED) is 0.130. The summed E-state index contributed by atoms with van der Waals surface area (Å²) in [5.74, 6) is -2.49. The van der Waals surface area contributed by atoms with Gasteiger partial charge in [-0.3, -0.25) is 19.6 Å². The van der Waals surface area contributed by atoms with Crippen molar-refractivity contribution in [1.82, 2.24) is 9.29 Å². The molecule has 1 aliphatic rings. The Kier molecular flexibility index (Phi) is 6.57. The molecule has 32 heavy (non-hydrogen) atoms. The monoisotopic (exact) mass is 480 g/mol. The van der Waals surface area contributed by atoms with Crippen molar-refractivity contribution >= 4 is 50.0 Å². The molecule has 1 fully saturated rings. The first-order chi connectivity index (χ1) is 15.0. The van der Waals surface area contributed by atoms with Gasteiger partial charge in [0.2, 0.25) is 5.91 Å². The third kappa shape index (κ3) is 4.92. The van der Waals surface area contributed by atoms with Gasteiger partial charge in [0, 0.05) is 17.4 Å². The third-order valence-corrected chi connectivity index (χ3v) is 6.50. The van der Waals surface area contributed by atoms with Crippen LogP contribution in [0.2, 0.25) is 0 Å². The third-order valence-electron chi connectivity index (χ3n) is 4.82. The van der Waals surface area contributed by atoms with Gasteiger partial charge in [-0.25, -0.2) is 9.29 Å². The van der Waals surface area contributed by atoms with Gasteiger partial charge in [0.15, 0.2) is 16.6 Å². The van der Waals surface area contributed by atoms with Crippen LogP contribution >= 0.6 is 11.3 Å². The van der Waals surface area contributed by atoms with Crippen molar-refractivity contribution in [2.24, 2.45) is 16.8 Å². The fraction of sp³-hybridized carbons (Fsp3) is 0.278. The van der Waals surface area contributed by atoms with E-state index in [0.717, 1.165) is 11.3 Å². The number of β-lactam (4-membered cyclic amide) rings is 1. The lowest BCUT2D eigenvalue weighted by molar-refractivity contribution is -0.147. The number of aromatic nitrogens is 1. The van der Waals surface area contributed by atoms with E-state index >= 15 is 0 Å². The molecule has 1 aromatic heterocycles. The normalized spacial score (nSPS) is 18.9. The number of thiazole rings is 1. The molecule has 2 heterocycles. The lowest BCUT2D eigenvalue weighted by Crippen LogP contribution is -2.62. The molecule has 0 saturated carbocycles. The molecule has 2 aromatic rings. The molecule has 0 spiro atoms. The number of hydrogen-bond acceptors (Lipinski definition) is 10. The zero-order valence-electron chi connectivity index (χ0n) is 16.8. The Labute approximate surface area is 187 Å². The molecule has 1 aliphatic heterocycles. The zero-order valence-corrected chi connectivity index (χ0v) is 18.4. The van der Waals surface area contributed by atoms with E-state index in [4.69, 9.17) is 26.3 Å². The number of nitrogens with zero attached hydrogens (tertiary/aromatic N) is 3. The van der Waals surface area contributed by atoms with Gasteiger partial charge in [0.1, 0.15) is 18.1 Å². The second kappa shape index (κ2) is 9.02. The molecule has 6 N–H and O–H groups in total. The maximum atomic E-state index is 12.9. The van der Waals surface area contributed by atoms with Gasteiger partial charge in [-0.05, 0) is 12.5 Å². The number of carbonyl (C=O) groups is 2. The molecular weight excluding hydrogens is 460 g/mol. The Morgan fingerprint density at radius 1 is 1.38 bits per heavy atom. The molecule has 0 bridgehead atoms. The van der Waals surface area contributed by atoms with E-state index < -0.39 is 34.0 Å². The Bertz CT molecular complexity index is 1190. The Balaban J connectivity index is 1.74. The Hall–Kier alpha value is -3.36. The van der Waals surface area contributed by atoms with Gasteiger partial charge in [0.25, 0.3) is 0 Å². The van der Waals surface area contributed by atoms with Gasteiger partial charge >= 0.3 is 10.3 Å². The number of ketones is 1. The molecule has 1 aromatic carbocycles. The standard InChI is InChI=1S/C18H20N6O6S2/c1-9-12(17(26)24(9)32(27,28)29)6-14(25)15(13-8-31-18(21)22-13)23-30-7-10-2-4-11(5-3-10)16(19)20/h2-5,8-9,12H,6-7H2,1H3,(H3,19,20)(H2,21,22)(H,27,28,29)/b23-15-/t9-,12-/m0/s1. The van der Waals surface area contributed by atoms with Gasteiger partial charge < -0.3 is 16.3 Å². The Morgan fingerprint density at radius 3 is 2.53 bits per heavy atom. The topological polar surface area (TPSA) is 202 Å². The second-order valence-electron chi connectivity index (χ2n) is 6.98. The van der Waals surface area contributed by atoms with Crippen LogP contribution < -0.4 is 11.5 Å². The van der Waals surface area contributed by atoms with Crippen molar-refractivity contribution in [1.29, 1.82) is 5.41 Å². The predicted molar refractivity (Wildman–Crippen MR) is 116 cm³/mol. The van der Waals surface area contributed by atoms with Crippen LogP contribution in [0.15, 0.2) is 34.8 Å². The number of Topliss-reactive ketones (excluding diaryl/α,β-unsaturated/α-hetero) is 1. The summed E-state index contributed by atoms with van der Waals surface area (Å²) >= 11 is 1.09. The summed E-state index contributed by atoms with van der Waals surface area (Å²) < 4.78 is 31.9. The van der Waals surface area contributed by atoms with Gasteiger partial charge in [-0.15, -0.1) is 11.3 Å². The molecule has 170 valence electrons. The van der Waals surface area contributed by atoms with Crippen molar-refractivity contribution in [3.8, 4) is 0 Å². The molecule has 1 saturated heterocycles. The first-order valence-corrected chi connectivity index (χ1v) is 11.4. The number of rotatable bonds is 9. The summed E-state index contributed by atoms with van der Waals surface area (Å²) in [5, 5.41) is 13.0. The molecule has 2 atom stereocenters. The number of carbonyl (C=O) groups excluding carboxylic acids is 2. The Morgan fingerprint density at radius 2 is 2.03 bits per heavy atom. The van der Waals surface area contributed by atoms with Crippen molar-refractivity contribution in [3.63, 3.8) is 0 Å². The minimum absolute atomic E-state index is 0.00385. The summed E-state index contributed by atoms with van der Waals surface area (Å²) in [5.41, 5.74) is 12.3. The maximum absolute atomic E-state index is 12.9. The summed E-state index contributed by atoms with van der Waals surface area (Å²) in [4.78, 5) is 34.3. The van der Waals surface area contributed by atoms with E-state index in [1.54, 1.807) is 24.3 Å². The number of anilines is 1. The van der Waals surface area contributed by atoms with Gasteiger partial charge in [-0.2, -0.15) is 8.42 Å². The fourth-order valence-electron chi connectivity index (χ4n) is 3.12. The van der Waals surface area contributed by atoms with Gasteiger partial charge in [0.05, 0.1) is 12.0 Å². The highest BCUT2D eigenvalue weighted by atomic mass is 32.2. The van der Waals surface area contributed by atoms with Crippen LogP contribution in [0.5, 0.6) is 0 Å². The molecule has 14 heteroatoms. The van der Waals surface area contributed by atoms with Crippen LogP contribution in [0.1, 0.15) is 30.2 Å². The number of amides is 1. The van der Waals surface area contributed by atoms with Crippen LogP contribution in [-0.2, 0) is 31.3 Å². The molecule has 3 rings (SSSR count). The number of benzene rings is 1. The number of oxime groups is 1. The molecule has 1 amide bonds. The van der Waals surface area contributed by atoms with Crippen LogP contribution in [0.4, 0.5) is 5.13 Å². The molecule has 0 radical (unpaired) electrons. The number of hydrogen-bond donors (Lipinski definition) is 4. The fourth-order valence-corrected chi connectivity index (χ4v) is 4.60. The molecule has 12 nitrogen and oxygen atoms in total. The van der Waals surface area contributed by atoms with E-state index in [1.165, 1.54) is 12.3 Å². The van der Waals surface area contributed by atoms with Crippen molar-refractivity contribution in [3.05, 3.63) is 46.5 Å².